The molecule has 6 nitrogen and oxygen atoms in total. The fourth-order valence-electron chi connectivity index (χ4n) is 2.74. The third kappa shape index (κ3) is 4.31. The van der Waals surface area contributed by atoms with Crippen molar-refractivity contribution in [3.63, 3.8) is 0 Å². The second kappa shape index (κ2) is 8.12. The Bertz CT molecular complexity index is 1050. The zero-order valence-corrected chi connectivity index (χ0v) is 15.4. The minimum atomic E-state index is -0.924. The van der Waals surface area contributed by atoms with Gasteiger partial charge in [-0.15, -0.1) is 0 Å². The highest BCUT2D eigenvalue weighted by atomic mass is 19.1. The van der Waals surface area contributed by atoms with E-state index >= 15 is 0 Å². The van der Waals surface area contributed by atoms with Crippen LogP contribution < -0.4 is 10.4 Å². The third-order valence-corrected chi connectivity index (χ3v) is 4.24. The lowest BCUT2D eigenvalue weighted by atomic mass is 10.0. The molecule has 146 valence electrons. The van der Waals surface area contributed by atoms with E-state index < -0.39 is 23.5 Å². The van der Waals surface area contributed by atoms with Crippen molar-refractivity contribution in [3.8, 4) is 11.5 Å². The van der Waals surface area contributed by atoms with E-state index in [1.165, 1.54) is 43.3 Å². The van der Waals surface area contributed by atoms with Crippen molar-refractivity contribution in [1.82, 2.24) is 0 Å². The molecule has 0 radical (unpaired) electrons. The van der Waals surface area contributed by atoms with Gasteiger partial charge in [0, 0.05) is 23.1 Å². The summed E-state index contributed by atoms with van der Waals surface area (Å²) in [5.74, 6) is -0.677. The first-order valence-corrected chi connectivity index (χ1v) is 8.75. The number of phenols is 1. The number of halogens is 1. The van der Waals surface area contributed by atoms with Gasteiger partial charge in [-0.3, -0.25) is 0 Å². The van der Waals surface area contributed by atoms with Gasteiger partial charge in [-0.1, -0.05) is 6.92 Å². The Morgan fingerprint density at radius 3 is 2.57 bits per heavy atom. The van der Waals surface area contributed by atoms with E-state index in [1.54, 1.807) is 6.07 Å². The first-order chi connectivity index (χ1) is 13.4. The first-order valence-electron chi connectivity index (χ1n) is 8.75. The van der Waals surface area contributed by atoms with Crippen LogP contribution in [0.4, 0.5) is 4.39 Å². The Kier molecular flexibility index (Phi) is 5.63. The van der Waals surface area contributed by atoms with E-state index in [4.69, 9.17) is 13.9 Å². The van der Waals surface area contributed by atoms with Crippen LogP contribution in [0.25, 0.3) is 11.0 Å². The lowest BCUT2D eigenvalue weighted by Gasteiger charge is -2.14. The number of fused-ring (bicyclic) bond motifs is 1. The van der Waals surface area contributed by atoms with Crippen LogP contribution in [0.15, 0.2) is 51.7 Å². The van der Waals surface area contributed by atoms with Crippen LogP contribution in [0, 0.1) is 5.82 Å². The average molecular weight is 386 g/mol. The molecular formula is C21H19FO6. The van der Waals surface area contributed by atoms with Gasteiger partial charge in [0.25, 0.3) is 0 Å². The highest BCUT2D eigenvalue weighted by molar-refractivity contribution is 5.83. The molecule has 0 spiro atoms. The van der Waals surface area contributed by atoms with Crippen molar-refractivity contribution < 1.29 is 28.2 Å². The average Bonchev–Trinajstić information content (AvgIpc) is 2.66. The van der Waals surface area contributed by atoms with Crippen molar-refractivity contribution in [3.05, 3.63) is 69.8 Å². The molecule has 7 heteroatoms. The third-order valence-electron chi connectivity index (χ3n) is 4.24. The van der Waals surface area contributed by atoms with Crippen molar-refractivity contribution in [2.75, 3.05) is 0 Å². The molecular weight excluding hydrogens is 367 g/mol. The van der Waals surface area contributed by atoms with E-state index in [-0.39, 0.29) is 17.9 Å². The monoisotopic (exact) mass is 386 g/mol. The van der Waals surface area contributed by atoms with Crippen LogP contribution in [0.1, 0.15) is 25.0 Å². The van der Waals surface area contributed by atoms with Gasteiger partial charge in [0.1, 0.15) is 29.5 Å². The molecule has 0 bridgehead atoms. The molecule has 2 aromatic carbocycles. The van der Waals surface area contributed by atoms with Crippen LogP contribution in [0.2, 0.25) is 0 Å². The number of aryl methyl sites for hydroxylation is 1. The van der Waals surface area contributed by atoms with Crippen LogP contribution in [0.3, 0.4) is 0 Å². The fourth-order valence-corrected chi connectivity index (χ4v) is 2.74. The smallest absolute Gasteiger partial charge is 0.347 e. The highest BCUT2D eigenvalue weighted by Gasteiger charge is 2.18. The summed E-state index contributed by atoms with van der Waals surface area (Å²) in [5.41, 5.74) is 0.742. The number of phenolic OH excluding ortho intramolecular Hbond substituents is 1. The van der Waals surface area contributed by atoms with Crippen LogP contribution >= 0.6 is 0 Å². The van der Waals surface area contributed by atoms with E-state index in [9.17, 15) is 19.1 Å². The van der Waals surface area contributed by atoms with Gasteiger partial charge in [0.15, 0.2) is 6.10 Å². The number of hydrogen-bond acceptors (Lipinski definition) is 6. The molecule has 0 fully saturated rings. The maximum Gasteiger partial charge on any atom is 0.347 e. The lowest BCUT2D eigenvalue weighted by molar-refractivity contribution is -0.152. The summed E-state index contributed by atoms with van der Waals surface area (Å²) >= 11 is 0. The van der Waals surface area contributed by atoms with E-state index in [2.05, 4.69) is 0 Å². The number of benzene rings is 2. The van der Waals surface area contributed by atoms with Gasteiger partial charge >= 0.3 is 11.6 Å². The molecule has 28 heavy (non-hydrogen) atoms. The van der Waals surface area contributed by atoms with Crippen LogP contribution in [-0.2, 0) is 22.6 Å². The Labute approximate surface area is 160 Å². The summed E-state index contributed by atoms with van der Waals surface area (Å²) in [6, 6.07) is 9.60. The van der Waals surface area contributed by atoms with Gasteiger partial charge in [-0.05, 0) is 49.2 Å². The number of hydrogen-bond donors (Lipinski definition) is 1. The molecule has 1 N–H and O–H groups in total. The number of rotatable bonds is 6. The molecule has 0 saturated heterocycles. The van der Waals surface area contributed by atoms with Crippen molar-refractivity contribution in [1.29, 1.82) is 0 Å². The number of carbonyl (C=O) groups excluding carboxylic acids is 1. The second-order valence-electron chi connectivity index (χ2n) is 6.24. The van der Waals surface area contributed by atoms with Crippen molar-refractivity contribution >= 4 is 16.9 Å². The van der Waals surface area contributed by atoms with E-state index in [0.717, 1.165) is 0 Å². The number of aromatic hydroxyl groups is 1. The quantitative estimate of drug-likeness (QED) is 0.513. The maximum atomic E-state index is 12.9. The summed E-state index contributed by atoms with van der Waals surface area (Å²) in [7, 11) is 0. The molecule has 3 rings (SSSR count). The van der Waals surface area contributed by atoms with Gasteiger partial charge < -0.3 is 19.0 Å². The second-order valence-corrected chi connectivity index (χ2v) is 6.24. The number of esters is 1. The largest absolute Gasteiger partial charge is 0.508 e. The summed E-state index contributed by atoms with van der Waals surface area (Å²) in [4.78, 5) is 24.0. The highest BCUT2D eigenvalue weighted by Crippen LogP contribution is 2.27. The lowest BCUT2D eigenvalue weighted by Crippen LogP contribution is -2.26. The summed E-state index contributed by atoms with van der Waals surface area (Å²) in [5, 5.41) is 10.5. The molecule has 1 aromatic heterocycles. The van der Waals surface area contributed by atoms with Gasteiger partial charge in [-0.25, -0.2) is 14.0 Å². The number of ether oxygens (including phenoxy) is 2. The van der Waals surface area contributed by atoms with Gasteiger partial charge in [-0.2, -0.15) is 0 Å². The molecule has 1 heterocycles. The topological polar surface area (TPSA) is 86.0 Å². The van der Waals surface area contributed by atoms with Gasteiger partial charge in [0.2, 0.25) is 0 Å². The minimum Gasteiger partial charge on any atom is -0.508 e. The molecule has 0 amide bonds. The molecule has 3 aromatic rings. The Balaban J connectivity index is 1.76. The van der Waals surface area contributed by atoms with E-state index in [0.29, 0.717) is 28.7 Å². The Morgan fingerprint density at radius 1 is 1.18 bits per heavy atom. The SMILES string of the molecule is CCc1cc2c(COC(=O)[C@@H](C)Oc3ccc(F)cc3)cc(=O)oc2cc1O. The summed E-state index contributed by atoms with van der Waals surface area (Å²) in [6.07, 6.45) is -0.338. The zero-order chi connectivity index (χ0) is 20.3. The van der Waals surface area contributed by atoms with Gasteiger partial charge in [0.05, 0.1) is 0 Å². The maximum absolute atomic E-state index is 12.9. The molecule has 0 saturated carbocycles. The molecule has 1 atom stereocenters. The first kappa shape index (κ1) is 19.4. The van der Waals surface area contributed by atoms with Crippen molar-refractivity contribution in [2.24, 2.45) is 0 Å². The molecule has 0 aliphatic carbocycles. The Morgan fingerprint density at radius 2 is 1.89 bits per heavy atom. The Hall–Kier alpha value is -3.35. The summed E-state index contributed by atoms with van der Waals surface area (Å²) in [6.45, 7) is 3.23. The van der Waals surface area contributed by atoms with Crippen molar-refractivity contribution in [2.45, 2.75) is 33.0 Å². The number of carbonyl (C=O) groups is 1. The summed E-state index contributed by atoms with van der Waals surface area (Å²) < 4.78 is 28.7. The minimum absolute atomic E-state index is 0.0358. The van der Waals surface area contributed by atoms with Crippen LogP contribution in [0.5, 0.6) is 11.5 Å². The standard InChI is InChI=1S/C21H19FO6/c1-3-13-8-17-14(9-20(24)28-19(17)10-18(13)23)11-26-21(25)12(2)27-16-6-4-15(22)5-7-16/h4-10,12,23H,3,11H2,1-2H3/t12-/m1/s1. The normalized spacial score (nSPS) is 12.0. The molecule has 0 aliphatic rings. The predicted molar refractivity (Wildman–Crippen MR) is 99.8 cm³/mol. The fraction of sp³-hybridized carbons (Fsp3) is 0.238. The van der Waals surface area contributed by atoms with Crippen LogP contribution in [-0.4, -0.2) is 17.2 Å². The zero-order valence-electron chi connectivity index (χ0n) is 15.4. The van der Waals surface area contributed by atoms with E-state index in [1.807, 2.05) is 6.92 Å². The molecule has 0 unspecified atom stereocenters. The predicted octanol–water partition coefficient (Wildman–Crippen LogP) is 3.71. The molecule has 0 aliphatic heterocycles.